The number of anilines is 1. The molecule has 1 aromatic carbocycles. The van der Waals surface area contributed by atoms with Gasteiger partial charge in [0, 0.05) is 25.1 Å². The number of rotatable bonds is 7. The van der Waals surface area contributed by atoms with Crippen LogP contribution in [0.15, 0.2) is 24.3 Å². The molecule has 20 heavy (non-hydrogen) atoms. The number of hydrogen-bond acceptors (Lipinski definition) is 3. The second kappa shape index (κ2) is 6.93. The first-order chi connectivity index (χ1) is 9.66. The highest BCUT2D eigenvalue weighted by Gasteiger charge is 2.25. The summed E-state index contributed by atoms with van der Waals surface area (Å²) in [6.45, 7) is 0.604. The Morgan fingerprint density at radius 1 is 1.25 bits per heavy atom. The molecule has 0 aromatic heterocycles. The molecule has 0 bridgehead atoms. The SMILES string of the molecule is O=C(O)CCCCCNC(=O)[C@@H]1Cc2ccccc2N1. The number of amides is 1. The van der Waals surface area contributed by atoms with Crippen LogP contribution in [0.1, 0.15) is 31.2 Å². The standard InChI is InChI=1S/C15H20N2O3/c18-14(19)8-2-1-5-9-16-15(20)13-10-11-6-3-4-7-12(11)17-13/h3-4,6-7,13,17H,1-2,5,8-10H2,(H,16,20)(H,18,19)/t13-/m0/s1. The van der Waals surface area contributed by atoms with Crippen molar-refractivity contribution in [1.29, 1.82) is 0 Å². The van der Waals surface area contributed by atoms with Gasteiger partial charge in [-0.3, -0.25) is 9.59 Å². The van der Waals surface area contributed by atoms with Crippen molar-refractivity contribution in [1.82, 2.24) is 5.32 Å². The molecule has 0 saturated carbocycles. The molecule has 2 rings (SSSR count). The zero-order valence-corrected chi connectivity index (χ0v) is 11.4. The Bertz CT molecular complexity index is 463. The van der Waals surface area contributed by atoms with E-state index in [1.165, 1.54) is 5.56 Å². The van der Waals surface area contributed by atoms with E-state index in [-0.39, 0.29) is 18.4 Å². The van der Waals surface area contributed by atoms with E-state index in [0.29, 0.717) is 13.0 Å². The number of benzene rings is 1. The molecule has 0 saturated heterocycles. The van der Waals surface area contributed by atoms with Crippen molar-refractivity contribution < 1.29 is 14.7 Å². The van der Waals surface area contributed by atoms with Gasteiger partial charge in [-0.2, -0.15) is 0 Å². The van der Waals surface area contributed by atoms with Crippen LogP contribution in [0.2, 0.25) is 0 Å². The van der Waals surface area contributed by atoms with Crippen LogP contribution < -0.4 is 10.6 Å². The number of carbonyl (C=O) groups is 2. The summed E-state index contributed by atoms with van der Waals surface area (Å²) in [5.74, 6) is -0.749. The molecule has 108 valence electrons. The van der Waals surface area contributed by atoms with Crippen molar-refractivity contribution in [2.45, 2.75) is 38.1 Å². The van der Waals surface area contributed by atoms with Crippen LogP contribution in [0.3, 0.4) is 0 Å². The highest BCUT2D eigenvalue weighted by atomic mass is 16.4. The number of aliphatic carboxylic acids is 1. The third-order valence-electron chi connectivity index (χ3n) is 3.45. The van der Waals surface area contributed by atoms with Crippen molar-refractivity contribution in [2.75, 3.05) is 11.9 Å². The number of fused-ring (bicyclic) bond motifs is 1. The normalized spacial score (nSPS) is 16.3. The van der Waals surface area contributed by atoms with E-state index >= 15 is 0 Å². The summed E-state index contributed by atoms with van der Waals surface area (Å²) in [6, 6.07) is 7.75. The lowest BCUT2D eigenvalue weighted by molar-refractivity contribution is -0.137. The Hall–Kier alpha value is -2.04. The van der Waals surface area contributed by atoms with Crippen molar-refractivity contribution in [3.63, 3.8) is 0 Å². The van der Waals surface area contributed by atoms with E-state index < -0.39 is 5.97 Å². The fraction of sp³-hybridized carbons (Fsp3) is 0.467. The Balaban J connectivity index is 1.63. The van der Waals surface area contributed by atoms with E-state index in [0.717, 1.165) is 24.9 Å². The lowest BCUT2D eigenvalue weighted by Gasteiger charge is -2.11. The predicted molar refractivity (Wildman–Crippen MR) is 76.7 cm³/mol. The number of carbonyl (C=O) groups excluding carboxylic acids is 1. The van der Waals surface area contributed by atoms with Crippen LogP contribution in [0.5, 0.6) is 0 Å². The third kappa shape index (κ3) is 3.98. The molecule has 1 atom stereocenters. The van der Waals surface area contributed by atoms with E-state index in [9.17, 15) is 9.59 Å². The fourth-order valence-electron chi connectivity index (χ4n) is 2.37. The number of nitrogens with one attached hydrogen (secondary N) is 2. The average Bonchev–Trinajstić information content (AvgIpc) is 2.86. The summed E-state index contributed by atoms with van der Waals surface area (Å²) < 4.78 is 0. The molecule has 5 nitrogen and oxygen atoms in total. The molecular weight excluding hydrogens is 256 g/mol. The molecule has 5 heteroatoms. The van der Waals surface area contributed by atoms with E-state index in [2.05, 4.69) is 10.6 Å². The lowest BCUT2D eigenvalue weighted by atomic mass is 10.1. The number of carboxylic acids is 1. The minimum atomic E-state index is -0.762. The lowest BCUT2D eigenvalue weighted by Crippen LogP contribution is -2.38. The van der Waals surface area contributed by atoms with Gasteiger partial charge in [0.2, 0.25) is 5.91 Å². The predicted octanol–water partition coefficient (Wildman–Crippen LogP) is 1.78. The van der Waals surface area contributed by atoms with Crippen molar-refractivity contribution in [3.8, 4) is 0 Å². The zero-order valence-electron chi connectivity index (χ0n) is 11.4. The summed E-state index contributed by atoms with van der Waals surface area (Å²) in [7, 11) is 0. The van der Waals surface area contributed by atoms with Crippen LogP contribution in [0.4, 0.5) is 5.69 Å². The summed E-state index contributed by atoms with van der Waals surface area (Å²) in [6.07, 6.45) is 3.23. The average molecular weight is 276 g/mol. The summed E-state index contributed by atoms with van der Waals surface area (Å²) in [5, 5.41) is 14.6. The van der Waals surface area contributed by atoms with E-state index in [1.54, 1.807) is 0 Å². The molecule has 3 N–H and O–H groups in total. The Morgan fingerprint density at radius 3 is 2.80 bits per heavy atom. The fourth-order valence-corrected chi connectivity index (χ4v) is 2.37. The number of para-hydroxylation sites is 1. The molecule has 1 aliphatic heterocycles. The molecule has 0 fully saturated rings. The molecular formula is C15H20N2O3. The summed E-state index contributed by atoms with van der Waals surface area (Å²) >= 11 is 0. The maximum Gasteiger partial charge on any atom is 0.303 e. The molecule has 1 aromatic rings. The highest BCUT2D eigenvalue weighted by molar-refractivity contribution is 5.87. The maximum absolute atomic E-state index is 12.0. The van der Waals surface area contributed by atoms with E-state index in [1.807, 2.05) is 24.3 Å². The molecule has 1 heterocycles. The van der Waals surface area contributed by atoms with Crippen LogP contribution in [-0.4, -0.2) is 29.6 Å². The van der Waals surface area contributed by atoms with Gasteiger partial charge in [0.25, 0.3) is 0 Å². The smallest absolute Gasteiger partial charge is 0.303 e. The minimum Gasteiger partial charge on any atom is -0.481 e. The van der Waals surface area contributed by atoms with Gasteiger partial charge in [-0.15, -0.1) is 0 Å². The number of carboxylic acid groups (broad SMARTS) is 1. The van der Waals surface area contributed by atoms with Gasteiger partial charge in [-0.25, -0.2) is 0 Å². The van der Waals surface area contributed by atoms with Crippen LogP contribution in [0, 0.1) is 0 Å². The number of hydrogen-bond donors (Lipinski definition) is 3. The van der Waals surface area contributed by atoms with E-state index in [4.69, 9.17) is 5.11 Å². The van der Waals surface area contributed by atoms with Gasteiger partial charge < -0.3 is 15.7 Å². The Morgan fingerprint density at radius 2 is 2.05 bits per heavy atom. The van der Waals surface area contributed by atoms with Gasteiger partial charge in [0.05, 0.1) is 0 Å². The molecule has 0 spiro atoms. The zero-order chi connectivity index (χ0) is 14.4. The Labute approximate surface area is 118 Å². The van der Waals surface area contributed by atoms with Gasteiger partial charge in [0.15, 0.2) is 0 Å². The topological polar surface area (TPSA) is 78.4 Å². The van der Waals surface area contributed by atoms with Gasteiger partial charge >= 0.3 is 5.97 Å². The molecule has 0 aliphatic carbocycles. The first-order valence-electron chi connectivity index (χ1n) is 7.01. The molecule has 0 radical (unpaired) electrons. The monoisotopic (exact) mass is 276 g/mol. The molecule has 0 unspecified atom stereocenters. The summed E-state index contributed by atoms with van der Waals surface area (Å²) in [5.41, 5.74) is 2.21. The molecule has 1 amide bonds. The van der Waals surface area contributed by atoms with Gasteiger partial charge in [0.1, 0.15) is 6.04 Å². The van der Waals surface area contributed by atoms with Crippen molar-refractivity contribution in [3.05, 3.63) is 29.8 Å². The Kier molecular flexibility index (Phi) is 4.98. The first kappa shape index (κ1) is 14.4. The second-order valence-electron chi connectivity index (χ2n) is 5.05. The maximum atomic E-state index is 12.0. The van der Waals surface area contributed by atoms with Crippen molar-refractivity contribution >= 4 is 17.6 Å². The van der Waals surface area contributed by atoms with Crippen LogP contribution >= 0.6 is 0 Å². The van der Waals surface area contributed by atoms with Gasteiger partial charge in [-0.1, -0.05) is 24.6 Å². The highest BCUT2D eigenvalue weighted by Crippen LogP contribution is 2.24. The largest absolute Gasteiger partial charge is 0.481 e. The van der Waals surface area contributed by atoms with Crippen LogP contribution in [-0.2, 0) is 16.0 Å². The van der Waals surface area contributed by atoms with Crippen LogP contribution in [0.25, 0.3) is 0 Å². The summed E-state index contributed by atoms with van der Waals surface area (Å²) in [4.78, 5) is 22.3. The second-order valence-corrected chi connectivity index (χ2v) is 5.05. The quantitative estimate of drug-likeness (QED) is 0.663. The number of unbranched alkanes of at least 4 members (excludes halogenated alkanes) is 2. The minimum absolute atomic E-state index is 0.0134. The first-order valence-corrected chi connectivity index (χ1v) is 7.01. The molecule has 1 aliphatic rings. The third-order valence-corrected chi connectivity index (χ3v) is 3.45. The van der Waals surface area contributed by atoms with Gasteiger partial charge in [-0.05, 0) is 24.5 Å². The van der Waals surface area contributed by atoms with Crippen molar-refractivity contribution in [2.24, 2.45) is 0 Å².